The van der Waals surface area contributed by atoms with Gasteiger partial charge in [0.2, 0.25) is 0 Å². The lowest BCUT2D eigenvalue weighted by molar-refractivity contribution is -0.160. The van der Waals surface area contributed by atoms with Gasteiger partial charge in [-0.25, -0.2) is 0 Å². The summed E-state index contributed by atoms with van der Waals surface area (Å²) in [5.74, 6) is -4.21. The molecule has 0 spiro atoms. The number of thiol groups is 1. The van der Waals surface area contributed by atoms with E-state index < -0.39 is 52.0 Å². The molecular formula is C48H60O9S2. The first kappa shape index (κ1) is 50.4. The number of allylic oxidation sites excluding steroid dienone is 20. The molecule has 9 nitrogen and oxygen atoms in total. The van der Waals surface area contributed by atoms with E-state index in [9.17, 15) is 28.8 Å². The van der Waals surface area contributed by atoms with Crippen LogP contribution in [0.3, 0.4) is 0 Å². The SMILES string of the molecule is CC1=C(/C=C/C(C)=C/C=C/C(C)=C/C=C/C=C(C)/C=C/C=C(C)/C=C/C2=C(C)C(=O)C(OC(=O)C(C)C(=O)S)CC2(C)C)C(C)(C)CC(OC(=O)CSCC(=O)O)C1=O. The Morgan fingerprint density at radius 1 is 0.695 bits per heavy atom. The van der Waals surface area contributed by atoms with Gasteiger partial charge in [-0.3, -0.25) is 28.8 Å². The van der Waals surface area contributed by atoms with Crippen molar-refractivity contribution in [2.75, 3.05) is 11.5 Å². The van der Waals surface area contributed by atoms with E-state index in [1.165, 1.54) is 6.92 Å². The van der Waals surface area contributed by atoms with Gasteiger partial charge in [-0.15, -0.1) is 24.4 Å². The Hall–Kier alpha value is -4.74. The predicted octanol–water partition coefficient (Wildman–Crippen LogP) is 9.92. The molecule has 0 radical (unpaired) electrons. The lowest BCUT2D eigenvalue weighted by Crippen LogP contribution is -2.40. The second kappa shape index (κ2) is 23.2. The minimum atomic E-state index is -1.04. The third-order valence-corrected chi connectivity index (χ3v) is 11.3. The second-order valence-corrected chi connectivity index (χ2v) is 17.7. The van der Waals surface area contributed by atoms with Crippen molar-refractivity contribution in [2.45, 2.75) is 101 Å². The fourth-order valence-corrected chi connectivity index (χ4v) is 7.13. The molecule has 0 aromatic carbocycles. The Labute approximate surface area is 360 Å². The number of rotatable bonds is 18. The predicted molar refractivity (Wildman–Crippen MR) is 241 cm³/mol. The number of ketones is 2. The molecule has 0 saturated carbocycles. The molecule has 3 unspecified atom stereocenters. The highest BCUT2D eigenvalue weighted by atomic mass is 32.2. The topological polar surface area (TPSA) is 141 Å². The van der Waals surface area contributed by atoms with E-state index in [0.29, 0.717) is 24.0 Å². The normalized spacial score (nSPS) is 21.5. The Balaban J connectivity index is 1.98. The Bertz CT molecular complexity index is 2000. The summed E-state index contributed by atoms with van der Waals surface area (Å²) in [5.41, 5.74) is 6.12. The molecule has 0 aromatic heterocycles. The number of carboxylic acid groups (broad SMARTS) is 1. The van der Waals surface area contributed by atoms with E-state index in [1.54, 1.807) is 13.8 Å². The molecule has 0 bridgehead atoms. The Kier molecular flexibility index (Phi) is 19.8. The average Bonchev–Trinajstić information content (AvgIpc) is 3.13. The zero-order valence-electron chi connectivity index (χ0n) is 36.2. The highest BCUT2D eigenvalue weighted by molar-refractivity contribution is 8.00. The molecule has 0 saturated heterocycles. The van der Waals surface area contributed by atoms with Crippen LogP contribution in [-0.2, 0) is 38.2 Å². The number of carboxylic acids is 1. The molecule has 0 aromatic rings. The lowest BCUT2D eigenvalue weighted by atomic mass is 9.71. The van der Waals surface area contributed by atoms with Gasteiger partial charge in [-0.2, -0.15) is 0 Å². The van der Waals surface area contributed by atoms with Gasteiger partial charge < -0.3 is 14.6 Å². The number of hydrogen-bond acceptors (Lipinski definition) is 9. The van der Waals surface area contributed by atoms with Crippen LogP contribution in [0, 0.1) is 16.7 Å². The van der Waals surface area contributed by atoms with Gasteiger partial charge in [0, 0.05) is 12.8 Å². The first-order chi connectivity index (χ1) is 27.5. The number of carbonyl (C=O) groups excluding carboxylic acids is 5. The summed E-state index contributed by atoms with van der Waals surface area (Å²) in [6.07, 6.45) is 26.6. The number of Topliss-reactive ketones (excluding diaryl/α,β-unsaturated/α-hetero) is 2. The van der Waals surface area contributed by atoms with Gasteiger partial charge in [0.25, 0.3) is 0 Å². The zero-order valence-corrected chi connectivity index (χ0v) is 37.9. The standard InChI is InChI=1S/C48H60O9S2/c1-30(18-14-20-32(3)22-24-37-34(5)43(52)39(26-47(37,8)9)56-42(51)29-59-28-41(49)50)16-12-13-17-31(2)19-15-21-33(4)23-25-38-35(6)44(53)40(27-48(38,10)11)57-45(54)36(7)46(55)58/h12-25,36,39-40H,26-29H2,1-11H3,(H,49,50)(H,55,58)/b13-12+,18-14+,19-15+,24-22+,25-23+,30-16+,31-17+,32-20+,33-21+. The van der Waals surface area contributed by atoms with Crippen LogP contribution in [0.15, 0.2) is 130 Å². The third kappa shape index (κ3) is 16.4. The molecular weight excluding hydrogens is 785 g/mol. The van der Waals surface area contributed by atoms with Crippen LogP contribution in [0.5, 0.6) is 0 Å². The summed E-state index contributed by atoms with van der Waals surface area (Å²) in [6, 6.07) is 0. The van der Waals surface area contributed by atoms with Crippen molar-refractivity contribution in [3.63, 3.8) is 0 Å². The van der Waals surface area contributed by atoms with Crippen molar-refractivity contribution in [3.05, 3.63) is 130 Å². The molecule has 2 aliphatic carbocycles. The van der Waals surface area contributed by atoms with Gasteiger partial charge in [-0.05, 0) is 81.6 Å². The Morgan fingerprint density at radius 3 is 1.49 bits per heavy atom. The molecule has 0 amide bonds. The van der Waals surface area contributed by atoms with E-state index in [-0.39, 0.29) is 23.1 Å². The maximum Gasteiger partial charge on any atom is 0.317 e. The van der Waals surface area contributed by atoms with Crippen molar-refractivity contribution in [3.8, 4) is 0 Å². The first-order valence-corrected chi connectivity index (χ1v) is 21.1. The quantitative estimate of drug-likeness (QED) is 0.0593. The fourth-order valence-electron chi connectivity index (χ4n) is 6.51. The molecule has 3 atom stereocenters. The highest BCUT2D eigenvalue weighted by Gasteiger charge is 2.41. The number of aliphatic carboxylic acids is 1. The second-order valence-electron chi connectivity index (χ2n) is 16.2. The van der Waals surface area contributed by atoms with Crippen molar-refractivity contribution in [2.24, 2.45) is 16.7 Å². The summed E-state index contributed by atoms with van der Waals surface area (Å²) in [6.45, 7) is 20.9. The molecule has 59 heavy (non-hydrogen) atoms. The van der Waals surface area contributed by atoms with Gasteiger partial charge in [-0.1, -0.05) is 135 Å². The van der Waals surface area contributed by atoms with Crippen molar-refractivity contribution < 1.29 is 43.3 Å². The minimum absolute atomic E-state index is 0.121. The van der Waals surface area contributed by atoms with Crippen LogP contribution in [0.4, 0.5) is 0 Å². The van der Waals surface area contributed by atoms with E-state index in [1.807, 2.05) is 140 Å². The molecule has 318 valence electrons. The van der Waals surface area contributed by atoms with Crippen LogP contribution in [0.2, 0.25) is 0 Å². The molecule has 2 rings (SSSR count). The maximum absolute atomic E-state index is 13.1. The smallest absolute Gasteiger partial charge is 0.317 e. The molecule has 0 heterocycles. The monoisotopic (exact) mass is 844 g/mol. The molecule has 0 aliphatic heterocycles. The molecule has 2 aliphatic rings. The molecule has 0 fully saturated rings. The zero-order chi connectivity index (χ0) is 44.7. The van der Waals surface area contributed by atoms with Crippen LogP contribution >= 0.6 is 24.4 Å². The van der Waals surface area contributed by atoms with E-state index in [2.05, 4.69) is 12.6 Å². The summed E-state index contributed by atoms with van der Waals surface area (Å²) >= 11 is 4.65. The maximum atomic E-state index is 13.1. The van der Waals surface area contributed by atoms with Gasteiger partial charge in [0.05, 0.1) is 11.5 Å². The van der Waals surface area contributed by atoms with Crippen LogP contribution in [-0.4, -0.2) is 63.4 Å². The van der Waals surface area contributed by atoms with Crippen LogP contribution in [0.1, 0.15) is 89.0 Å². The molecule has 1 N–H and O–H groups in total. The summed E-state index contributed by atoms with van der Waals surface area (Å²) < 4.78 is 10.9. The van der Waals surface area contributed by atoms with Crippen molar-refractivity contribution in [1.29, 1.82) is 0 Å². The summed E-state index contributed by atoms with van der Waals surface area (Å²) in [4.78, 5) is 72.8. The number of carbonyl (C=O) groups is 6. The molecule has 11 heteroatoms. The van der Waals surface area contributed by atoms with Crippen LogP contribution in [0.25, 0.3) is 0 Å². The fraction of sp³-hybridized carbons (Fsp3) is 0.417. The van der Waals surface area contributed by atoms with Crippen LogP contribution < -0.4 is 0 Å². The number of ether oxygens (including phenoxy) is 2. The minimum Gasteiger partial charge on any atom is -0.481 e. The number of thioether (sulfide) groups is 1. The lowest BCUT2D eigenvalue weighted by Gasteiger charge is -2.36. The van der Waals surface area contributed by atoms with Gasteiger partial charge in [0.15, 0.2) is 28.9 Å². The number of hydrogen-bond donors (Lipinski definition) is 2. The first-order valence-electron chi connectivity index (χ1n) is 19.5. The van der Waals surface area contributed by atoms with Gasteiger partial charge >= 0.3 is 17.9 Å². The number of esters is 2. The highest BCUT2D eigenvalue weighted by Crippen LogP contribution is 2.42. The van der Waals surface area contributed by atoms with E-state index in [0.717, 1.165) is 45.2 Å². The van der Waals surface area contributed by atoms with Crippen molar-refractivity contribution in [1.82, 2.24) is 0 Å². The third-order valence-electron chi connectivity index (χ3n) is 9.97. The van der Waals surface area contributed by atoms with Gasteiger partial charge in [0.1, 0.15) is 5.92 Å². The Morgan fingerprint density at radius 2 is 1.08 bits per heavy atom. The van der Waals surface area contributed by atoms with E-state index in [4.69, 9.17) is 14.6 Å². The summed E-state index contributed by atoms with van der Waals surface area (Å²) in [5, 5.41) is 8.17. The average molecular weight is 845 g/mol. The van der Waals surface area contributed by atoms with Crippen molar-refractivity contribution >= 4 is 59.0 Å². The van der Waals surface area contributed by atoms with E-state index >= 15 is 0 Å². The summed E-state index contributed by atoms with van der Waals surface area (Å²) in [7, 11) is 0. The largest absolute Gasteiger partial charge is 0.481 e.